The highest BCUT2D eigenvalue weighted by molar-refractivity contribution is 6.32. The molecule has 1 unspecified atom stereocenters. The molecule has 1 atom stereocenters. The van der Waals surface area contributed by atoms with Crippen molar-refractivity contribution in [2.24, 2.45) is 0 Å². The molecule has 0 saturated carbocycles. The zero-order valence-electron chi connectivity index (χ0n) is 13.6. The Morgan fingerprint density at radius 3 is 2.58 bits per heavy atom. The molecule has 1 fully saturated rings. The first-order valence-electron chi connectivity index (χ1n) is 7.73. The third-order valence-corrected chi connectivity index (χ3v) is 4.29. The maximum atomic E-state index is 11.6. The van der Waals surface area contributed by atoms with Gasteiger partial charge in [-0.25, -0.2) is 4.79 Å². The van der Waals surface area contributed by atoms with Gasteiger partial charge in [0.2, 0.25) is 0 Å². The fourth-order valence-corrected chi connectivity index (χ4v) is 2.92. The van der Waals surface area contributed by atoms with Gasteiger partial charge in [0.1, 0.15) is 12.4 Å². The lowest BCUT2D eigenvalue weighted by Crippen LogP contribution is -2.23. The van der Waals surface area contributed by atoms with E-state index in [1.165, 1.54) is 0 Å². The van der Waals surface area contributed by atoms with E-state index in [2.05, 4.69) is 12.2 Å². The molecule has 1 N–H and O–H groups in total. The number of rotatable bonds is 5. The summed E-state index contributed by atoms with van der Waals surface area (Å²) in [7, 11) is 1.60. The van der Waals surface area contributed by atoms with Crippen LogP contribution in [0.25, 0.3) is 0 Å². The number of anilines is 2. The maximum Gasteiger partial charge on any atom is 0.414 e. The van der Waals surface area contributed by atoms with Crippen molar-refractivity contribution in [1.82, 2.24) is 0 Å². The Hall–Kier alpha value is -2.40. The minimum atomic E-state index is -0.294. The normalized spacial score (nSPS) is 15.1. The van der Waals surface area contributed by atoms with Crippen molar-refractivity contribution in [3.8, 4) is 5.75 Å². The summed E-state index contributed by atoms with van der Waals surface area (Å²) >= 11 is 6.18. The first kappa shape index (κ1) is 16.5. The number of benzene rings is 2. The van der Waals surface area contributed by atoms with Gasteiger partial charge in [-0.1, -0.05) is 17.7 Å². The van der Waals surface area contributed by atoms with E-state index in [-0.39, 0.29) is 12.1 Å². The molecule has 0 radical (unpaired) electrons. The second-order valence-electron chi connectivity index (χ2n) is 5.57. The SMILES string of the molecule is COc1ccc(C(C)Nc2ccc(N3CCOC3=O)cc2)cc1Cl. The number of carbonyl (C=O) groups is 1. The molecule has 0 aliphatic carbocycles. The predicted molar refractivity (Wildman–Crippen MR) is 95.2 cm³/mol. The monoisotopic (exact) mass is 346 g/mol. The smallest absolute Gasteiger partial charge is 0.414 e. The van der Waals surface area contributed by atoms with Gasteiger partial charge in [0.15, 0.2) is 0 Å². The molecule has 5 nitrogen and oxygen atoms in total. The van der Waals surface area contributed by atoms with E-state index in [1.807, 2.05) is 42.5 Å². The van der Waals surface area contributed by atoms with E-state index >= 15 is 0 Å². The topological polar surface area (TPSA) is 50.8 Å². The lowest BCUT2D eigenvalue weighted by atomic mass is 10.1. The number of amides is 1. The van der Waals surface area contributed by atoms with Gasteiger partial charge in [0.25, 0.3) is 0 Å². The summed E-state index contributed by atoms with van der Waals surface area (Å²) in [5.74, 6) is 0.662. The number of carbonyl (C=O) groups excluding carboxylic acids is 1. The maximum absolute atomic E-state index is 11.6. The minimum absolute atomic E-state index is 0.0796. The van der Waals surface area contributed by atoms with Gasteiger partial charge in [-0.15, -0.1) is 0 Å². The predicted octanol–water partition coefficient (Wildman–Crippen LogP) is 4.48. The van der Waals surface area contributed by atoms with Crippen LogP contribution in [0.1, 0.15) is 18.5 Å². The van der Waals surface area contributed by atoms with Crippen molar-refractivity contribution >= 4 is 29.1 Å². The molecule has 1 saturated heterocycles. The highest BCUT2D eigenvalue weighted by Gasteiger charge is 2.23. The largest absolute Gasteiger partial charge is 0.495 e. The van der Waals surface area contributed by atoms with Crippen LogP contribution in [0.15, 0.2) is 42.5 Å². The van der Waals surface area contributed by atoms with Gasteiger partial charge in [-0.3, -0.25) is 4.90 Å². The van der Waals surface area contributed by atoms with Crippen molar-refractivity contribution in [3.63, 3.8) is 0 Å². The van der Waals surface area contributed by atoms with Gasteiger partial charge < -0.3 is 14.8 Å². The second-order valence-corrected chi connectivity index (χ2v) is 5.98. The van der Waals surface area contributed by atoms with Crippen molar-refractivity contribution in [1.29, 1.82) is 0 Å². The zero-order chi connectivity index (χ0) is 17.1. The minimum Gasteiger partial charge on any atom is -0.495 e. The first-order chi connectivity index (χ1) is 11.6. The summed E-state index contributed by atoms with van der Waals surface area (Å²) in [4.78, 5) is 13.2. The highest BCUT2D eigenvalue weighted by Crippen LogP contribution is 2.29. The molecule has 1 heterocycles. The van der Waals surface area contributed by atoms with Crippen LogP contribution < -0.4 is 15.0 Å². The Balaban J connectivity index is 1.69. The fraction of sp³-hybridized carbons (Fsp3) is 0.278. The number of methoxy groups -OCH3 is 1. The van der Waals surface area contributed by atoms with Crippen molar-refractivity contribution in [2.75, 3.05) is 30.5 Å². The molecule has 6 heteroatoms. The number of nitrogens with zero attached hydrogens (tertiary/aromatic N) is 1. The van der Waals surface area contributed by atoms with Crippen molar-refractivity contribution in [2.45, 2.75) is 13.0 Å². The number of cyclic esters (lactones) is 1. The molecule has 2 aromatic carbocycles. The number of hydrogen-bond donors (Lipinski definition) is 1. The highest BCUT2D eigenvalue weighted by atomic mass is 35.5. The van der Waals surface area contributed by atoms with E-state index in [1.54, 1.807) is 12.0 Å². The Bertz CT molecular complexity index is 734. The molecule has 1 aliphatic heterocycles. The summed E-state index contributed by atoms with van der Waals surface area (Å²) in [6, 6.07) is 13.5. The number of hydrogen-bond acceptors (Lipinski definition) is 4. The summed E-state index contributed by atoms with van der Waals surface area (Å²) < 4.78 is 10.1. The quantitative estimate of drug-likeness (QED) is 0.867. The molecular weight excluding hydrogens is 328 g/mol. The third-order valence-electron chi connectivity index (χ3n) is 4.00. The second kappa shape index (κ2) is 7.01. The van der Waals surface area contributed by atoms with Crippen LogP contribution >= 0.6 is 11.6 Å². The standard InChI is InChI=1S/C18H19ClN2O3/c1-12(13-3-8-17(23-2)16(19)11-13)20-14-4-6-15(7-5-14)21-9-10-24-18(21)22/h3-8,11-12,20H,9-10H2,1-2H3. The van der Waals surface area contributed by atoms with Gasteiger partial charge >= 0.3 is 6.09 Å². The molecule has 1 aliphatic rings. The molecular formula is C18H19ClN2O3. The van der Waals surface area contributed by atoms with E-state index in [4.69, 9.17) is 21.1 Å². The molecule has 24 heavy (non-hydrogen) atoms. The number of halogens is 1. The molecule has 0 bridgehead atoms. The third kappa shape index (κ3) is 3.41. The van der Waals surface area contributed by atoms with E-state index in [0.29, 0.717) is 23.9 Å². The summed E-state index contributed by atoms with van der Waals surface area (Å²) in [5, 5.41) is 4.01. The summed E-state index contributed by atoms with van der Waals surface area (Å²) in [6.07, 6.45) is -0.294. The Morgan fingerprint density at radius 1 is 1.25 bits per heavy atom. The lowest BCUT2D eigenvalue weighted by molar-refractivity contribution is 0.181. The van der Waals surface area contributed by atoms with Crippen LogP contribution in [0.2, 0.25) is 5.02 Å². The van der Waals surface area contributed by atoms with Crippen LogP contribution in [-0.4, -0.2) is 26.4 Å². The van der Waals surface area contributed by atoms with Crippen LogP contribution in [0.4, 0.5) is 16.2 Å². The van der Waals surface area contributed by atoms with Gasteiger partial charge in [0, 0.05) is 17.4 Å². The van der Waals surface area contributed by atoms with Crippen LogP contribution in [0, 0.1) is 0 Å². The molecule has 0 spiro atoms. The number of nitrogens with one attached hydrogen (secondary N) is 1. The Morgan fingerprint density at radius 2 is 2.00 bits per heavy atom. The van der Waals surface area contributed by atoms with Crippen molar-refractivity contribution < 1.29 is 14.3 Å². The molecule has 3 rings (SSSR count). The lowest BCUT2D eigenvalue weighted by Gasteiger charge is -2.18. The molecule has 0 aromatic heterocycles. The van der Waals surface area contributed by atoms with E-state index < -0.39 is 0 Å². The summed E-state index contributed by atoms with van der Waals surface area (Å²) in [5.41, 5.74) is 2.86. The van der Waals surface area contributed by atoms with Gasteiger partial charge in [0.05, 0.1) is 18.7 Å². The van der Waals surface area contributed by atoms with Gasteiger partial charge in [-0.2, -0.15) is 0 Å². The molecule has 2 aromatic rings. The summed E-state index contributed by atoms with van der Waals surface area (Å²) in [6.45, 7) is 3.09. The molecule has 126 valence electrons. The zero-order valence-corrected chi connectivity index (χ0v) is 14.3. The van der Waals surface area contributed by atoms with Crippen LogP contribution in [0.5, 0.6) is 5.75 Å². The van der Waals surface area contributed by atoms with Crippen molar-refractivity contribution in [3.05, 3.63) is 53.1 Å². The number of ether oxygens (including phenoxy) is 2. The average molecular weight is 347 g/mol. The average Bonchev–Trinajstić information content (AvgIpc) is 3.01. The van der Waals surface area contributed by atoms with E-state index in [0.717, 1.165) is 16.9 Å². The van der Waals surface area contributed by atoms with Crippen LogP contribution in [-0.2, 0) is 4.74 Å². The van der Waals surface area contributed by atoms with Crippen LogP contribution in [0.3, 0.4) is 0 Å². The van der Waals surface area contributed by atoms with E-state index in [9.17, 15) is 4.79 Å². The Labute approximate surface area is 146 Å². The fourth-order valence-electron chi connectivity index (χ4n) is 2.65. The Kier molecular flexibility index (Phi) is 4.81. The van der Waals surface area contributed by atoms with Gasteiger partial charge in [-0.05, 0) is 48.9 Å². The first-order valence-corrected chi connectivity index (χ1v) is 8.10. The molecule has 1 amide bonds.